The number of carboxylic acid groups (broad SMARTS) is 1. The van der Waals surface area contributed by atoms with E-state index < -0.39 is 33.3 Å². The third-order valence-electron chi connectivity index (χ3n) is 4.88. The van der Waals surface area contributed by atoms with Crippen molar-refractivity contribution in [1.82, 2.24) is 5.32 Å². The number of hydrogen-bond donors (Lipinski definition) is 3. The Kier molecular flexibility index (Phi) is 10.1. The van der Waals surface area contributed by atoms with Gasteiger partial charge in [-0.3, -0.25) is 0 Å². The molecule has 33 heavy (non-hydrogen) atoms. The van der Waals surface area contributed by atoms with Crippen molar-refractivity contribution >= 4 is 27.4 Å². The minimum atomic E-state index is -3.98. The van der Waals surface area contributed by atoms with Gasteiger partial charge in [0.25, 0.3) is 0 Å². The van der Waals surface area contributed by atoms with Crippen molar-refractivity contribution < 1.29 is 58.8 Å². The number of aliphatic hydroxyl groups excluding tert-OH is 1. The molecule has 0 saturated heterocycles. The van der Waals surface area contributed by atoms with Crippen LogP contribution in [0.3, 0.4) is 0 Å². The summed E-state index contributed by atoms with van der Waals surface area (Å²) in [6.45, 7) is 0.899. The molecule has 0 amide bonds. The Labute approximate surface area is 220 Å². The molecule has 10 heteroatoms. The van der Waals surface area contributed by atoms with Crippen LogP contribution in [0.2, 0.25) is 5.02 Å². The van der Waals surface area contributed by atoms with Gasteiger partial charge in [0.05, 0.1) is 21.5 Å². The van der Waals surface area contributed by atoms with Gasteiger partial charge in [-0.2, -0.15) is 0 Å². The van der Waals surface area contributed by atoms with Crippen LogP contribution in [0.1, 0.15) is 29.0 Å². The molecule has 1 atom stereocenters. The molecule has 6 nitrogen and oxygen atoms in total. The number of aliphatic hydroxyl groups is 1. The van der Waals surface area contributed by atoms with Gasteiger partial charge in [-0.15, -0.1) is 0 Å². The van der Waals surface area contributed by atoms with Crippen molar-refractivity contribution in [3.8, 4) is 0 Å². The van der Waals surface area contributed by atoms with Gasteiger partial charge in [-0.05, 0) is 66.6 Å². The van der Waals surface area contributed by atoms with E-state index in [1.165, 1.54) is 12.1 Å². The minimum absolute atomic E-state index is 0. The summed E-state index contributed by atoms with van der Waals surface area (Å²) in [6, 6.07) is 15.9. The maximum Gasteiger partial charge on any atom is 1.00 e. The second-order valence-electron chi connectivity index (χ2n) is 7.12. The number of halogens is 2. The normalized spacial score (nSPS) is 12.1. The van der Waals surface area contributed by atoms with Crippen LogP contribution < -0.4 is 34.9 Å². The first kappa shape index (κ1) is 27.5. The summed E-state index contributed by atoms with van der Waals surface area (Å²) in [7, 11) is -3.98. The molecule has 3 rings (SSSR count). The van der Waals surface area contributed by atoms with Crippen LogP contribution in [-0.2, 0) is 16.3 Å². The Morgan fingerprint density at radius 3 is 2.33 bits per heavy atom. The summed E-state index contributed by atoms with van der Waals surface area (Å²) < 4.78 is 39.3. The number of hydrogen-bond acceptors (Lipinski definition) is 5. The van der Waals surface area contributed by atoms with Gasteiger partial charge in [0, 0.05) is 11.6 Å². The Morgan fingerprint density at radius 1 is 1.06 bits per heavy atom. The first-order valence-electron chi connectivity index (χ1n) is 9.69. The van der Waals surface area contributed by atoms with E-state index in [0.29, 0.717) is 36.2 Å². The van der Waals surface area contributed by atoms with Gasteiger partial charge in [-0.1, -0.05) is 35.9 Å². The van der Waals surface area contributed by atoms with Gasteiger partial charge in [0.1, 0.15) is 5.82 Å². The second kappa shape index (κ2) is 12.1. The first-order chi connectivity index (χ1) is 15.2. The molecule has 0 unspecified atom stereocenters. The van der Waals surface area contributed by atoms with E-state index in [0.717, 1.165) is 17.7 Å². The molecule has 0 saturated carbocycles. The zero-order valence-electron chi connectivity index (χ0n) is 18.8. The molecule has 0 fully saturated rings. The van der Waals surface area contributed by atoms with Crippen molar-refractivity contribution in [3.63, 3.8) is 0 Å². The van der Waals surface area contributed by atoms with Crippen LogP contribution in [0.4, 0.5) is 4.39 Å². The fourth-order valence-corrected chi connectivity index (χ4v) is 4.58. The molecule has 0 bridgehead atoms. The van der Waals surface area contributed by atoms with E-state index in [2.05, 4.69) is 5.32 Å². The topological polar surface area (TPSA) is 104 Å². The molecule has 0 radical (unpaired) electrons. The number of nitrogens with one attached hydrogen (secondary N) is 1. The molecule has 0 aliphatic rings. The summed E-state index contributed by atoms with van der Waals surface area (Å²) in [6.07, 6.45) is -0.0982. The van der Waals surface area contributed by atoms with Gasteiger partial charge >= 0.3 is 35.5 Å². The summed E-state index contributed by atoms with van der Waals surface area (Å²) in [5, 5.41) is 22.8. The standard InChI is InChI=1S/C23H21ClFNO5S.Na.H/c24-17-3-1-2-16(12-17)22(27)14-26-11-10-15-4-6-18(7-5-15)32(30,31)19-8-9-20(23(28)29)21(25)13-19;;/h1-9,12-13,22,26-27H,10-11,14H2,(H,28,29);;/q;+1;-1/t22-;;/m1../s1. The van der Waals surface area contributed by atoms with Gasteiger partial charge < -0.3 is 17.0 Å². The van der Waals surface area contributed by atoms with E-state index in [4.69, 9.17) is 16.7 Å². The van der Waals surface area contributed by atoms with Crippen LogP contribution in [0.5, 0.6) is 0 Å². The van der Waals surface area contributed by atoms with Crippen molar-refractivity contribution in [2.24, 2.45) is 0 Å². The molecular weight excluding hydrogens is 480 g/mol. The van der Waals surface area contributed by atoms with Crippen LogP contribution in [0.15, 0.2) is 76.5 Å². The van der Waals surface area contributed by atoms with Crippen LogP contribution in [0, 0.1) is 5.82 Å². The average molecular weight is 502 g/mol. The van der Waals surface area contributed by atoms with Crippen LogP contribution in [0.25, 0.3) is 0 Å². The Balaban J connectivity index is 0.00000289. The zero-order valence-corrected chi connectivity index (χ0v) is 21.4. The summed E-state index contributed by atoms with van der Waals surface area (Å²) in [5.74, 6) is -2.58. The van der Waals surface area contributed by atoms with Crippen molar-refractivity contribution in [1.29, 1.82) is 0 Å². The molecular formula is C23H22ClFNNaO5S. The number of benzene rings is 3. The number of aromatic carboxylic acids is 1. The Morgan fingerprint density at radius 2 is 1.73 bits per heavy atom. The Hall–Kier alpha value is -1.78. The van der Waals surface area contributed by atoms with Gasteiger partial charge in [0.2, 0.25) is 9.84 Å². The largest absolute Gasteiger partial charge is 1.00 e. The second-order valence-corrected chi connectivity index (χ2v) is 9.51. The molecule has 3 N–H and O–H groups in total. The first-order valence-corrected chi connectivity index (χ1v) is 11.6. The maximum absolute atomic E-state index is 13.9. The number of sulfone groups is 1. The van der Waals surface area contributed by atoms with Gasteiger partial charge in [0.15, 0.2) is 0 Å². The number of carboxylic acids is 1. The maximum atomic E-state index is 13.9. The quantitative estimate of drug-likeness (QED) is 0.298. The smallest absolute Gasteiger partial charge is 1.00 e. The van der Waals surface area contributed by atoms with E-state index in [9.17, 15) is 22.7 Å². The molecule has 3 aromatic carbocycles. The molecule has 3 aromatic rings. The summed E-state index contributed by atoms with van der Waals surface area (Å²) in [4.78, 5) is 10.6. The monoisotopic (exact) mass is 501 g/mol. The average Bonchev–Trinajstić information content (AvgIpc) is 2.76. The minimum Gasteiger partial charge on any atom is -1.00 e. The fraction of sp³-hybridized carbons (Fsp3) is 0.174. The van der Waals surface area contributed by atoms with Crippen molar-refractivity contribution in [2.75, 3.05) is 13.1 Å². The zero-order chi connectivity index (χ0) is 23.3. The van der Waals surface area contributed by atoms with E-state index in [1.807, 2.05) is 0 Å². The molecule has 170 valence electrons. The van der Waals surface area contributed by atoms with E-state index >= 15 is 0 Å². The SMILES string of the molecule is O=C(O)c1ccc(S(=O)(=O)c2ccc(CCNC[C@@H](O)c3cccc(Cl)c3)cc2)cc1F.[H-].[Na+]. The van der Waals surface area contributed by atoms with E-state index in [1.54, 1.807) is 36.4 Å². The predicted octanol–water partition coefficient (Wildman–Crippen LogP) is 0.992. The summed E-state index contributed by atoms with van der Waals surface area (Å²) in [5.41, 5.74) is 1.00. The predicted molar refractivity (Wildman–Crippen MR) is 119 cm³/mol. The fourth-order valence-electron chi connectivity index (χ4n) is 3.11. The summed E-state index contributed by atoms with van der Waals surface area (Å²) >= 11 is 5.92. The molecule has 0 spiro atoms. The van der Waals surface area contributed by atoms with E-state index in [-0.39, 0.29) is 40.8 Å². The molecule has 0 aromatic heterocycles. The molecule has 0 heterocycles. The van der Waals surface area contributed by atoms with Crippen LogP contribution >= 0.6 is 11.6 Å². The third-order valence-corrected chi connectivity index (χ3v) is 6.88. The molecule has 0 aliphatic carbocycles. The Bertz CT molecular complexity index is 1230. The van der Waals surface area contributed by atoms with Crippen LogP contribution in [-0.4, -0.2) is 37.7 Å². The third kappa shape index (κ3) is 7.10. The van der Waals surface area contributed by atoms with Gasteiger partial charge in [-0.25, -0.2) is 17.6 Å². The molecule has 0 aliphatic heterocycles. The number of rotatable bonds is 9. The van der Waals surface area contributed by atoms with Crippen molar-refractivity contribution in [3.05, 3.63) is 94.3 Å². The van der Waals surface area contributed by atoms with Crippen molar-refractivity contribution in [2.45, 2.75) is 22.3 Å². The number of carbonyl (C=O) groups is 1.